The lowest BCUT2D eigenvalue weighted by Crippen LogP contribution is -2.40. The molecule has 2 N–H and O–H groups in total. The number of aromatic nitrogens is 5. The smallest absolute Gasteiger partial charge is 0.410 e. The second-order valence-corrected chi connectivity index (χ2v) is 13.6. The highest BCUT2D eigenvalue weighted by Gasteiger charge is 2.31. The molecule has 14 heteroatoms. The summed E-state index contributed by atoms with van der Waals surface area (Å²) >= 11 is 6.86. The van der Waals surface area contributed by atoms with E-state index >= 15 is 0 Å². The predicted molar refractivity (Wildman–Crippen MR) is 184 cm³/mol. The Bertz CT molecular complexity index is 2070. The summed E-state index contributed by atoms with van der Waals surface area (Å²) in [4.78, 5) is 61.8. The van der Waals surface area contributed by atoms with Crippen LogP contribution in [0.25, 0.3) is 16.8 Å². The first-order chi connectivity index (χ1) is 23.3. The van der Waals surface area contributed by atoms with Crippen LogP contribution in [0.4, 0.5) is 16.2 Å². The van der Waals surface area contributed by atoms with Gasteiger partial charge >= 0.3 is 6.09 Å². The van der Waals surface area contributed by atoms with E-state index in [0.717, 1.165) is 17.7 Å². The average molecular weight is 685 g/mol. The quantitative estimate of drug-likeness (QED) is 0.261. The van der Waals surface area contributed by atoms with E-state index in [2.05, 4.69) is 25.7 Å². The van der Waals surface area contributed by atoms with Crippen molar-refractivity contribution in [2.45, 2.75) is 65.5 Å². The molecule has 0 radical (unpaired) electrons. The maximum Gasteiger partial charge on any atom is 0.410 e. The number of anilines is 2. The van der Waals surface area contributed by atoms with Crippen LogP contribution in [0.15, 0.2) is 30.5 Å². The third-order valence-corrected chi connectivity index (χ3v) is 9.09. The summed E-state index contributed by atoms with van der Waals surface area (Å²) in [6, 6.07) is 6.98. The molecule has 0 fully saturated rings. The van der Waals surface area contributed by atoms with Gasteiger partial charge in [-0.15, -0.1) is 0 Å². The molecule has 4 heterocycles. The molecular formula is C35H37ClN8O5. The Hall–Kier alpha value is -5.26. The van der Waals surface area contributed by atoms with Gasteiger partial charge in [-0.2, -0.15) is 5.10 Å². The van der Waals surface area contributed by atoms with Crippen molar-refractivity contribution in [1.82, 2.24) is 29.2 Å². The molecule has 0 unspecified atom stereocenters. The molecular weight excluding hydrogens is 648 g/mol. The normalized spacial score (nSPS) is 14.1. The van der Waals surface area contributed by atoms with Crippen LogP contribution < -0.4 is 10.6 Å². The van der Waals surface area contributed by atoms with E-state index in [1.807, 2.05) is 39.7 Å². The van der Waals surface area contributed by atoms with Gasteiger partial charge in [-0.05, 0) is 64.7 Å². The lowest BCUT2D eigenvalue weighted by molar-refractivity contribution is 0.0220. The fraction of sp³-hybridized carbons (Fsp3) is 0.371. The van der Waals surface area contributed by atoms with E-state index < -0.39 is 23.5 Å². The molecule has 1 aliphatic carbocycles. The van der Waals surface area contributed by atoms with Gasteiger partial charge < -0.3 is 24.8 Å². The maximum atomic E-state index is 13.5. The fourth-order valence-corrected chi connectivity index (χ4v) is 6.61. The predicted octanol–water partition coefficient (Wildman–Crippen LogP) is 5.53. The number of allylic oxidation sites excluding steroid dienone is 1. The number of carbonyl (C=O) groups excluding carboxylic acids is 4. The Labute approximate surface area is 288 Å². The largest absolute Gasteiger partial charge is 0.444 e. The van der Waals surface area contributed by atoms with Crippen molar-refractivity contribution in [2.75, 3.05) is 17.2 Å². The van der Waals surface area contributed by atoms with E-state index in [1.165, 1.54) is 0 Å². The second-order valence-electron chi connectivity index (χ2n) is 13.2. The number of nitrogens with one attached hydrogen (secondary N) is 2. The number of imidazole rings is 1. The van der Waals surface area contributed by atoms with Crippen LogP contribution in [0.2, 0.25) is 5.02 Å². The monoisotopic (exact) mass is 684 g/mol. The first-order valence-corrected chi connectivity index (χ1v) is 16.3. The molecule has 3 amide bonds. The first kappa shape index (κ1) is 33.6. The molecule has 0 spiro atoms. The summed E-state index contributed by atoms with van der Waals surface area (Å²) in [6.07, 6.45) is 3.62. The van der Waals surface area contributed by atoms with Crippen molar-refractivity contribution in [2.24, 2.45) is 14.1 Å². The van der Waals surface area contributed by atoms with E-state index in [9.17, 15) is 19.2 Å². The van der Waals surface area contributed by atoms with E-state index in [0.29, 0.717) is 71.0 Å². The molecule has 2 aliphatic rings. The second kappa shape index (κ2) is 13.0. The minimum Gasteiger partial charge on any atom is -0.444 e. The van der Waals surface area contributed by atoms with Gasteiger partial charge in [-0.25, -0.2) is 14.6 Å². The van der Waals surface area contributed by atoms with E-state index in [4.69, 9.17) is 16.3 Å². The Morgan fingerprint density at radius 3 is 2.51 bits per heavy atom. The number of halogens is 1. The third-order valence-electron chi connectivity index (χ3n) is 8.71. The molecule has 1 aliphatic heterocycles. The summed E-state index contributed by atoms with van der Waals surface area (Å²) in [5.74, 6) is 1.32. The average Bonchev–Trinajstić information content (AvgIpc) is 3.58. The number of carbonyl (C=O) groups is 3. The van der Waals surface area contributed by atoms with Crippen LogP contribution >= 0.6 is 11.6 Å². The Balaban J connectivity index is 1.22. The summed E-state index contributed by atoms with van der Waals surface area (Å²) < 4.78 is 8.81. The Morgan fingerprint density at radius 2 is 1.78 bits per heavy atom. The SMILES string of the molecule is Cc1c(NC(=O)c2nn(C)c3c2CCCC3=C=O)cccc1-c1nccc(NC(=O)c2nc3c(n2C)CCN(C(=O)OC(C)(C)C)C3)c1Cl. The van der Waals surface area contributed by atoms with Gasteiger partial charge in [0.05, 0.1) is 39.9 Å². The molecule has 49 heavy (non-hydrogen) atoms. The van der Waals surface area contributed by atoms with Crippen molar-refractivity contribution in [3.8, 4) is 11.3 Å². The highest BCUT2D eigenvalue weighted by Crippen LogP contribution is 2.37. The number of pyridine rings is 1. The lowest BCUT2D eigenvalue weighted by Gasteiger charge is -2.29. The number of rotatable bonds is 5. The standard InChI is InChI=1S/C35H37ClN8O5/c1-19-21(10-8-12-23(19)39-32(46)29-22-11-7-9-20(18-45)30(22)43(6)41-29)28-27(36)24(13-15-37-28)40-33(47)31-38-25-17-44(16-14-26(25)42(31)5)34(48)49-35(2,3)4/h8,10,12-13,15H,7,9,11,14,16-17H2,1-6H3,(H,39,46)(H,37,40,47). The number of fused-ring (bicyclic) bond motifs is 2. The molecule has 254 valence electrons. The van der Waals surface area contributed by atoms with Gasteiger partial charge in [0.15, 0.2) is 11.5 Å². The number of ether oxygens (including phenoxy) is 1. The Kier molecular flexibility index (Phi) is 8.91. The van der Waals surface area contributed by atoms with Crippen LogP contribution in [-0.4, -0.2) is 65.2 Å². The van der Waals surface area contributed by atoms with Crippen molar-refractivity contribution in [1.29, 1.82) is 0 Å². The van der Waals surface area contributed by atoms with Gasteiger partial charge in [0.1, 0.15) is 11.5 Å². The third kappa shape index (κ3) is 6.47. The number of hydrogen-bond donors (Lipinski definition) is 2. The number of amides is 3. The maximum absolute atomic E-state index is 13.5. The number of benzene rings is 1. The fourth-order valence-electron chi connectivity index (χ4n) is 6.35. The number of nitrogens with zero attached hydrogens (tertiary/aromatic N) is 6. The number of hydrogen-bond acceptors (Lipinski definition) is 8. The highest BCUT2D eigenvalue weighted by molar-refractivity contribution is 6.36. The van der Waals surface area contributed by atoms with E-state index in [-0.39, 0.29) is 23.1 Å². The molecule has 3 aromatic heterocycles. The highest BCUT2D eigenvalue weighted by atomic mass is 35.5. The summed E-state index contributed by atoms with van der Waals surface area (Å²) in [6.45, 7) is 7.97. The van der Waals surface area contributed by atoms with E-state index in [1.54, 1.807) is 52.6 Å². The van der Waals surface area contributed by atoms with Crippen LogP contribution in [0.3, 0.4) is 0 Å². The minimum atomic E-state index is -0.622. The molecule has 0 saturated carbocycles. The van der Waals surface area contributed by atoms with Crippen LogP contribution in [0.1, 0.15) is 82.9 Å². The zero-order chi connectivity index (χ0) is 35.2. The van der Waals surface area contributed by atoms with Gasteiger partial charge in [0.25, 0.3) is 11.8 Å². The molecule has 0 bridgehead atoms. The van der Waals surface area contributed by atoms with Gasteiger partial charge in [-0.1, -0.05) is 23.7 Å². The lowest BCUT2D eigenvalue weighted by atomic mass is 9.92. The van der Waals surface area contributed by atoms with Gasteiger partial charge in [0, 0.05) is 55.8 Å². The number of aryl methyl sites for hydroxylation is 1. The molecule has 4 aromatic rings. The molecule has 6 rings (SSSR count). The summed E-state index contributed by atoms with van der Waals surface area (Å²) in [5.41, 5.74) is 5.70. The van der Waals surface area contributed by atoms with Crippen molar-refractivity contribution >= 4 is 52.4 Å². The first-order valence-electron chi connectivity index (χ1n) is 16.0. The van der Waals surface area contributed by atoms with Crippen molar-refractivity contribution in [3.05, 3.63) is 75.2 Å². The van der Waals surface area contributed by atoms with Crippen LogP contribution in [0.5, 0.6) is 0 Å². The molecule has 0 saturated heterocycles. The summed E-state index contributed by atoms with van der Waals surface area (Å²) in [5, 5.41) is 10.5. The van der Waals surface area contributed by atoms with Gasteiger partial charge in [0.2, 0.25) is 0 Å². The zero-order valence-corrected chi connectivity index (χ0v) is 29.0. The topological polar surface area (TPSA) is 153 Å². The molecule has 13 nitrogen and oxygen atoms in total. The Morgan fingerprint density at radius 1 is 1.02 bits per heavy atom. The van der Waals surface area contributed by atoms with Crippen molar-refractivity contribution in [3.63, 3.8) is 0 Å². The minimum absolute atomic E-state index is 0.179. The van der Waals surface area contributed by atoms with Crippen molar-refractivity contribution < 1.29 is 23.9 Å². The zero-order valence-electron chi connectivity index (χ0n) is 28.2. The van der Waals surface area contributed by atoms with Crippen LogP contribution in [0, 0.1) is 6.92 Å². The summed E-state index contributed by atoms with van der Waals surface area (Å²) in [7, 11) is 3.48. The molecule has 1 aromatic carbocycles. The molecule has 0 atom stereocenters. The van der Waals surface area contributed by atoms with Gasteiger partial charge in [-0.3, -0.25) is 19.3 Å². The van der Waals surface area contributed by atoms with Crippen LogP contribution in [-0.2, 0) is 43.0 Å².